The Kier molecular flexibility index (Phi) is 4.59. The Labute approximate surface area is 90.8 Å². The van der Waals surface area contributed by atoms with Gasteiger partial charge in [0.05, 0.1) is 0 Å². The molecule has 0 fully saturated rings. The molecule has 3 N–H and O–H groups in total. The molecule has 84 valence electrons. The second-order valence-electron chi connectivity index (χ2n) is 4.00. The minimum Gasteiger partial charge on any atom is -0.508 e. The number of phenolic OH excluding ortho intramolecular Hbond substituents is 1. The second-order valence-corrected chi connectivity index (χ2v) is 4.00. The Morgan fingerprint density at radius 3 is 2.33 bits per heavy atom. The van der Waals surface area contributed by atoms with Gasteiger partial charge in [-0.05, 0) is 30.5 Å². The summed E-state index contributed by atoms with van der Waals surface area (Å²) in [7, 11) is 0. The molecule has 0 saturated heterocycles. The predicted octanol–water partition coefficient (Wildman–Crippen LogP) is 1.50. The van der Waals surface area contributed by atoms with Crippen LogP contribution in [0.2, 0.25) is 0 Å². The molecule has 0 aliphatic rings. The molecule has 0 heterocycles. The van der Waals surface area contributed by atoms with E-state index in [1.807, 2.05) is 19.1 Å². The number of rotatable bonds is 5. The van der Waals surface area contributed by atoms with Gasteiger partial charge < -0.3 is 15.5 Å². The molecule has 1 aromatic carbocycles. The van der Waals surface area contributed by atoms with Gasteiger partial charge >= 0.3 is 0 Å². The van der Waals surface area contributed by atoms with Gasteiger partial charge in [-0.2, -0.15) is 0 Å². The van der Waals surface area contributed by atoms with Crippen LogP contribution in [0.1, 0.15) is 19.4 Å². The number of aliphatic hydroxyl groups excluding tert-OH is 1. The Hall–Kier alpha value is -1.06. The number of benzene rings is 1. The van der Waals surface area contributed by atoms with Crippen LogP contribution in [0.25, 0.3) is 0 Å². The van der Waals surface area contributed by atoms with Crippen molar-refractivity contribution in [1.29, 1.82) is 0 Å². The molecular formula is C12H19NO2. The summed E-state index contributed by atoms with van der Waals surface area (Å²) >= 11 is 0. The van der Waals surface area contributed by atoms with Gasteiger partial charge in [0, 0.05) is 19.2 Å². The van der Waals surface area contributed by atoms with Crippen LogP contribution < -0.4 is 5.32 Å². The quantitative estimate of drug-likeness (QED) is 0.689. The molecule has 3 heteroatoms. The standard InChI is InChI=1S/C12H19NO2/c1-9(8-14)10(2)13-7-11-3-5-12(15)6-4-11/h3-6,9-10,13-15H,7-8H2,1-2H3. The highest BCUT2D eigenvalue weighted by Crippen LogP contribution is 2.10. The third kappa shape index (κ3) is 3.90. The zero-order valence-electron chi connectivity index (χ0n) is 9.27. The molecule has 1 rings (SSSR count). The maximum atomic E-state index is 9.11. The SMILES string of the molecule is CC(CO)C(C)NCc1ccc(O)cc1. The van der Waals surface area contributed by atoms with Gasteiger partial charge in [0.25, 0.3) is 0 Å². The summed E-state index contributed by atoms with van der Waals surface area (Å²) in [6, 6.07) is 7.41. The zero-order chi connectivity index (χ0) is 11.3. The van der Waals surface area contributed by atoms with Crippen molar-refractivity contribution in [3.05, 3.63) is 29.8 Å². The van der Waals surface area contributed by atoms with Crippen molar-refractivity contribution in [2.75, 3.05) is 6.61 Å². The molecule has 3 nitrogen and oxygen atoms in total. The number of hydrogen-bond acceptors (Lipinski definition) is 3. The van der Waals surface area contributed by atoms with Crippen LogP contribution in [0.15, 0.2) is 24.3 Å². The fraction of sp³-hybridized carbons (Fsp3) is 0.500. The molecule has 0 aliphatic carbocycles. The molecule has 0 radical (unpaired) electrons. The van der Waals surface area contributed by atoms with E-state index in [1.54, 1.807) is 12.1 Å². The number of nitrogens with one attached hydrogen (secondary N) is 1. The summed E-state index contributed by atoms with van der Waals surface area (Å²) in [5.41, 5.74) is 1.13. The minimum atomic E-state index is 0.198. The summed E-state index contributed by atoms with van der Waals surface area (Å²) in [4.78, 5) is 0. The Balaban J connectivity index is 2.40. The molecule has 0 spiro atoms. The first-order valence-electron chi connectivity index (χ1n) is 5.25. The van der Waals surface area contributed by atoms with Gasteiger partial charge in [0.1, 0.15) is 5.75 Å². The molecule has 0 saturated carbocycles. The van der Waals surface area contributed by atoms with E-state index in [1.165, 1.54) is 0 Å². The zero-order valence-corrected chi connectivity index (χ0v) is 9.27. The van der Waals surface area contributed by atoms with E-state index in [4.69, 9.17) is 10.2 Å². The number of aliphatic hydroxyl groups is 1. The van der Waals surface area contributed by atoms with Crippen LogP contribution in [0.5, 0.6) is 5.75 Å². The monoisotopic (exact) mass is 209 g/mol. The first-order chi connectivity index (χ1) is 7.13. The number of hydrogen-bond donors (Lipinski definition) is 3. The molecule has 0 aliphatic heterocycles. The molecule has 0 bridgehead atoms. The fourth-order valence-electron chi connectivity index (χ4n) is 1.25. The lowest BCUT2D eigenvalue weighted by Crippen LogP contribution is -2.33. The summed E-state index contributed by atoms with van der Waals surface area (Å²) in [5, 5.41) is 21.4. The number of phenols is 1. The molecule has 2 unspecified atom stereocenters. The highest BCUT2D eigenvalue weighted by Gasteiger charge is 2.09. The highest BCUT2D eigenvalue weighted by molar-refractivity contribution is 5.25. The molecule has 0 aromatic heterocycles. The van der Waals surface area contributed by atoms with Gasteiger partial charge in [0.15, 0.2) is 0 Å². The Morgan fingerprint density at radius 1 is 1.20 bits per heavy atom. The summed E-state index contributed by atoms with van der Waals surface area (Å²) in [6.07, 6.45) is 0. The van der Waals surface area contributed by atoms with E-state index in [0.717, 1.165) is 12.1 Å². The molecule has 0 amide bonds. The van der Waals surface area contributed by atoms with Gasteiger partial charge in [0.2, 0.25) is 0 Å². The Bertz CT molecular complexity index is 284. The lowest BCUT2D eigenvalue weighted by molar-refractivity contribution is 0.207. The van der Waals surface area contributed by atoms with Crippen molar-refractivity contribution < 1.29 is 10.2 Å². The van der Waals surface area contributed by atoms with Crippen molar-refractivity contribution in [1.82, 2.24) is 5.32 Å². The summed E-state index contributed by atoms with van der Waals surface area (Å²) in [6.45, 7) is 5.02. The van der Waals surface area contributed by atoms with Crippen molar-refractivity contribution in [2.45, 2.75) is 26.4 Å². The summed E-state index contributed by atoms with van der Waals surface area (Å²) in [5.74, 6) is 0.539. The van der Waals surface area contributed by atoms with E-state index in [2.05, 4.69) is 12.2 Å². The van der Waals surface area contributed by atoms with Gasteiger partial charge in [-0.3, -0.25) is 0 Å². The van der Waals surface area contributed by atoms with Crippen molar-refractivity contribution in [2.24, 2.45) is 5.92 Å². The topological polar surface area (TPSA) is 52.5 Å². The first-order valence-corrected chi connectivity index (χ1v) is 5.25. The molecular weight excluding hydrogens is 190 g/mol. The van der Waals surface area contributed by atoms with Crippen molar-refractivity contribution in [3.63, 3.8) is 0 Å². The van der Waals surface area contributed by atoms with E-state index >= 15 is 0 Å². The van der Waals surface area contributed by atoms with Crippen LogP contribution >= 0.6 is 0 Å². The second kappa shape index (κ2) is 5.73. The van der Waals surface area contributed by atoms with E-state index in [-0.39, 0.29) is 24.3 Å². The average molecular weight is 209 g/mol. The van der Waals surface area contributed by atoms with Crippen LogP contribution in [0.4, 0.5) is 0 Å². The third-order valence-electron chi connectivity index (χ3n) is 2.71. The Morgan fingerprint density at radius 2 is 1.80 bits per heavy atom. The predicted molar refractivity (Wildman–Crippen MR) is 60.7 cm³/mol. The van der Waals surface area contributed by atoms with Crippen molar-refractivity contribution in [3.8, 4) is 5.75 Å². The normalized spacial score (nSPS) is 14.9. The lowest BCUT2D eigenvalue weighted by atomic mass is 10.0. The largest absolute Gasteiger partial charge is 0.508 e. The van der Waals surface area contributed by atoms with Gasteiger partial charge in [-0.15, -0.1) is 0 Å². The smallest absolute Gasteiger partial charge is 0.115 e. The van der Waals surface area contributed by atoms with Crippen LogP contribution in [-0.4, -0.2) is 22.9 Å². The van der Waals surface area contributed by atoms with Crippen LogP contribution in [-0.2, 0) is 6.54 Å². The fourth-order valence-corrected chi connectivity index (χ4v) is 1.25. The summed E-state index contributed by atoms with van der Waals surface area (Å²) < 4.78 is 0. The average Bonchev–Trinajstić information content (AvgIpc) is 2.26. The van der Waals surface area contributed by atoms with Crippen molar-refractivity contribution >= 4 is 0 Å². The van der Waals surface area contributed by atoms with Crippen LogP contribution in [0, 0.1) is 5.92 Å². The van der Waals surface area contributed by atoms with E-state index < -0.39 is 0 Å². The maximum Gasteiger partial charge on any atom is 0.115 e. The van der Waals surface area contributed by atoms with Crippen LogP contribution in [0.3, 0.4) is 0 Å². The van der Waals surface area contributed by atoms with Gasteiger partial charge in [-0.25, -0.2) is 0 Å². The van der Waals surface area contributed by atoms with Gasteiger partial charge in [-0.1, -0.05) is 19.1 Å². The molecule has 2 atom stereocenters. The van der Waals surface area contributed by atoms with E-state index in [9.17, 15) is 0 Å². The number of aromatic hydroxyl groups is 1. The maximum absolute atomic E-state index is 9.11. The third-order valence-corrected chi connectivity index (χ3v) is 2.71. The van der Waals surface area contributed by atoms with E-state index in [0.29, 0.717) is 0 Å². The first kappa shape index (κ1) is 12.0. The molecule has 15 heavy (non-hydrogen) atoms. The lowest BCUT2D eigenvalue weighted by Gasteiger charge is -2.19. The molecule has 1 aromatic rings. The minimum absolute atomic E-state index is 0.198. The highest BCUT2D eigenvalue weighted by atomic mass is 16.3.